The van der Waals surface area contributed by atoms with Gasteiger partial charge in [0.05, 0.1) is 4.90 Å². The third-order valence-corrected chi connectivity index (χ3v) is 5.74. The number of carbonyl (C=O) groups is 1. The molecule has 0 saturated carbocycles. The van der Waals surface area contributed by atoms with Crippen LogP contribution in [0.15, 0.2) is 35.4 Å². The topological polar surface area (TPSA) is 79.4 Å². The Morgan fingerprint density at radius 1 is 1.12 bits per heavy atom. The van der Waals surface area contributed by atoms with Crippen LogP contribution in [-0.2, 0) is 10.0 Å². The molecule has 1 aromatic carbocycles. The Morgan fingerprint density at radius 3 is 2.38 bits per heavy atom. The number of pyridine rings is 1. The van der Waals surface area contributed by atoms with Crippen LogP contribution in [0.3, 0.4) is 0 Å². The summed E-state index contributed by atoms with van der Waals surface area (Å²) < 4.78 is 26.1. The first-order valence-electron chi connectivity index (χ1n) is 7.40. The fourth-order valence-corrected chi connectivity index (χ4v) is 3.43. The van der Waals surface area contributed by atoms with Gasteiger partial charge in [-0.05, 0) is 61.7 Å². The van der Waals surface area contributed by atoms with E-state index in [0.717, 1.165) is 15.4 Å². The molecule has 2 aromatic rings. The van der Waals surface area contributed by atoms with E-state index >= 15 is 0 Å². The third kappa shape index (κ3) is 3.63. The number of aryl methyl sites for hydroxylation is 2. The smallest absolute Gasteiger partial charge is 0.256 e. The second kappa shape index (κ2) is 6.70. The van der Waals surface area contributed by atoms with E-state index in [4.69, 9.17) is 0 Å². The molecule has 7 heteroatoms. The van der Waals surface area contributed by atoms with Crippen molar-refractivity contribution in [3.63, 3.8) is 0 Å². The first-order chi connectivity index (χ1) is 11.1. The number of benzene rings is 1. The zero-order valence-corrected chi connectivity index (χ0v) is 15.2. The fourth-order valence-electron chi connectivity index (χ4n) is 2.22. The summed E-state index contributed by atoms with van der Waals surface area (Å²) in [7, 11) is -0.696. The summed E-state index contributed by atoms with van der Waals surface area (Å²) in [5.74, 6) is 0.0293. The number of nitrogens with zero attached hydrogens (tertiary/aromatic N) is 2. The van der Waals surface area contributed by atoms with Gasteiger partial charge in [0.25, 0.3) is 5.91 Å². The predicted octanol–water partition coefficient (Wildman–Crippen LogP) is 2.51. The highest BCUT2D eigenvalue weighted by Crippen LogP contribution is 2.23. The molecule has 1 heterocycles. The lowest BCUT2D eigenvalue weighted by Crippen LogP contribution is -2.24. The molecule has 0 atom stereocenters. The lowest BCUT2D eigenvalue weighted by Gasteiger charge is -2.16. The molecule has 0 aliphatic heterocycles. The minimum absolute atomic E-state index is 0.134. The van der Waals surface area contributed by atoms with E-state index in [0.29, 0.717) is 11.4 Å². The summed E-state index contributed by atoms with van der Waals surface area (Å²) in [6.07, 6.45) is 1.60. The molecule has 0 aliphatic carbocycles. The molecule has 6 nitrogen and oxygen atoms in total. The van der Waals surface area contributed by atoms with Gasteiger partial charge in [-0.15, -0.1) is 0 Å². The molecular formula is C17H21N3O3S. The third-order valence-electron chi connectivity index (χ3n) is 3.80. The van der Waals surface area contributed by atoms with Gasteiger partial charge in [-0.25, -0.2) is 17.7 Å². The van der Waals surface area contributed by atoms with Crippen LogP contribution in [0.1, 0.15) is 27.0 Å². The summed E-state index contributed by atoms with van der Waals surface area (Å²) in [6, 6.07) is 6.65. The quantitative estimate of drug-likeness (QED) is 0.922. The highest BCUT2D eigenvalue weighted by atomic mass is 32.2. The maximum Gasteiger partial charge on any atom is 0.256 e. The molecule has 128 valence electrons. The predicted molar refractivity (Wildman–Crippen MR) is 93.7 cm³/mol. The van der Waals surface area contributed by atoms with Crippen LogP contribution in [0.4, 0.5) is 5.82 Å². The maximum atomic E-state index is 12.5. The van der Waals surface area contributed by atoms with Crippen molar-refractivity contribution in [2.45, 2.75) is 25.7 Å². The Kier molecular flexibility index (Phi) is 5.05. The van der Waals surface area contributed by atoms with Crippen molar-refractivity contribution in [1.82, 2.24) is 9.29 Å². The Morgan fingerprint density at radius 2 is 1.79 bits per heavy atom. The lowest BCUT2D eigenvalue weighted by molar-refractivity contribution is 0.102. The van der Waals surface area contributed by atoms with E-state index in [1.165, 1.54) is 20.2 Å². The SMILES string of the molecule is Cc1ccnc(NC(=O)c2cc(C)c(C)c(S(=O)(=O)N(C)C)c2)c1. The number of hydrogen-bond acceptors (Lipinski definition) is 4. The Hall–Kier alpha value is -2.25. The number of carbonyl (C=O) groups excluding carboxylic acids is 1. The second-order valence-corrected chi connectivity index (χ2v) is 8.00. The number of amides is 1. The summed E-state index contributed by atoms with van der Waals surface area (Å²) in [5, 5.41) is 2.70. The molecule has 0 fully saturated rings. The van der Waals surface area contributed by atoms with E-state index in [9.17, 15) is 13.2 Å². The van der Waals surface area contributed by atoms with Crippen molar-refractivity contribution in [2.24, 2.45) is 0 Å². The lowest BCUT2D eigenvalue weighted by atomic mass is 10.1. The standard InChI is InChI=1S/C17H21N3O3S/c1-11-6-7-18-16(8-11)19-17(21)14-9-12(2)13(3)15(10-14)24(22,23)20(4)5/h6-10H,1-5H3,(H,18,19,21). The van der Waals surface area contributed by atoms with Gasteiger partial charge in [-0.2, -0.15) is 0 Å². The van der Waals surface area contributed by atoms with Crippen LogP contribution in [-0.4, -0.2) is 37.7 Å². The first-order valence-corrected chi connectivity index (χ1v) is 8.84. The van der Waals surface area contributed by atoms with Gasteiger partial charge in [-0.3, -0.25) is 4.79 Å². The van der Waals surface area contributed by atoms with Gasteiger partial charge in [0.1, 0.15) is 5.82 Å². The molecule has 0 unspecified atom stereocenters. The van der Waals surface area contributed by atoms with Crippen molar-refractivity contribution in [3.05, 3.63) is 52.7 Å². The van der Waals surface area contributed by atoms with Crippen molar-refractivity contribution in [1.29, 1.82) is 0 Å². The summed E-state index contributed by atoms with van der Waals surface area (Å²) in [5.41, 5.74) is 2.62. The summed E-state index contributed by atoms with van der Waals surface area (Å²) in [4.78, 5) is 16.7. The Labute approximate surface area is 142 Å². The number of anilines is 1. The Balaban J connectivity index is 2.45. The van der Waals surface area contributed by atoms with Crippen molar-refractivity contribution in [3.8, 4) is 0 Å². The van der Waals surface area contributed by atoms with Crippen molar-refractivity contribution in [2.75, 3.05) is 19.4 Å². The van der Waals surface area contributed by atoms with Gasteiger partial charge < -0.3 is 5.32 Å². The molecule has 0 spiro atoms. The molecule has 1 N–H and O–H groups in total. The molecular weight excluding hydrogens is 326 g/mol. The van der Waals surface area contributed by atoms with Gasteiger partial charge in [-0.1, -0.05) is 0 Å². The van der Waals surface area contributed by atoms with Crippen molar-refractivity contribution < 1.29 is 13.2 Å². The number of aromatic nitrogens is 1. The van der Waals surface area contributed by atoms with E-state index in [1.807, 2.05) is 13.0 Å². The van der Waals surface area contributed by atoms with Crippen LogP contribution < -0.4 is 5.32 Å². The van der Waals surface area contributed by atoms with Crippen LogP contribution in [0.25, 0.3) is 0 Å². The highest BCUT2D eigenvalue weighted by molar-refractivity contribution is 7.89. The molecule has 1 aromatic heterocycles. The zero-order chi connectivity index (χ0) is 18.1. The zero-order valence-electron chi connectivity index (χ0n) is 14.4. The first kappa shape index (κ1) is 18.1. The van der Waals surface area contributed by atoms with Gasteiger partial charge >= 0.3 is 0 Å². The largest absolute Gasteiger partial charge is 0.307 e. The van der Waals surface area contributed by atoms with E-state index in [1.54, 1.807) is 32.2 Å². The molecule has 24 heavy (non-hydrogen) atoms. The van der Waals surface area contributed by atoms with Gasteiger partial charge in [0, 0.05) is 25.9 Å². The van der Waals surface area contributed by atoms with E-state index in [-0.39, 0.29) is 10.5 Å². The average molecular weight is 347 g/mol. The number of hydrogen-bond donors (Lipinski definition) is 1. The van der Waals surface area contributed by atoms with E-state index in [2.05, 4.69) is 10.3 Å². The number of sulfonamides is 1. The summed E-state index contributed by atoms with van der Waals surface area (Å²) >= 11 is 0. The molecule has 1 amide bonds. The van der Waals surface area contributed by atoms with Crippen LogP contribution in [0, 0.1) is 20.8 Å². The van der Waals surface area contributed by atoms with Crippen molar-refractivity contribution >= 4 is 21.7 Å². The van der Waals surface area contributed by atoms with Gasteiger partial charge in [0.15, 0.2) is 0 Å². The fraction of sp³-hybridized carbons (Fsp3) is 0.294. The van der Waals surface area contributed by atoms with Crippen LogP contribution >= 0.6 is 0 Å². The number of nitrogens with one attached hydrogen (secondary N) is 1. The molecule has 2 rings (SSSR count). The molecule has 0 bridgehead atoms. The molecule has 0 radical (unpaired) electrons. The minimum Gasteiger partial charge on any atom is -0.307 e. The van der Waals surface area contributed by atoms with Crippen LogP contribution in [0.5, 0.6) is 0 Å². The monoisotopic (exact) mass is 347 g/mol. The Bertz CT molecular complexity index is 890. The van der Waals surface area contributed by atoms with Gasteiger partial charge in [0.2, 0.25) is 10.0 Å². The van der Waals surface area contributed by atoms with Crippen LogP contribution in [0.2, 0.25) is 0 Å². The highest BCUT2D eigenvalue weighted by Gasteiger charge is 2.23. The number of rotatable bonds is 4. The maximum absolute atomic E-state index is 12.5. The van der Waals surface area contributed by atoms with E-state index < -0.39 is 15.9 Å². The second-order valence-electron chi connectivity index (χ2n) is 5.88. The normalized spacial score (nSPS) is 11.6. The molecule has 0 saturated heterocycles. The molecule has 0 aliphatic rings. The minimum atomic E-state index is -3.63. The average Bonchev–Trinajstić information content (AvgIpc) is 2.49. The summed E-state index contributed by atoms with van der Waals surface area (Å²) in [6.45, 7) is 5.41.